The van der Waals surface area contributed by atoms with Crippen molar-refractivity contribution in [3.8, 4) is 12.0 Å². The summed E-state index contributed by atoms with van der Waals surface area (Å²) in [6.07, 6.45) is 3.82. The highest BCUT2D eigenvalue weighted by molar-refractivity contribution is 6.92. The summed E-state index contributed by atoms with van der Waals surface area (Å²) >= 11 is 0. The lowest BCUT2D eigenvalue weighted by molar-refractivity contribution is -0.158. The molecule has 0 saturated heterocycles. The molecule has 15 heavy (non-hydrogen) atoms. The van der Waals surface area contributed by atoms with Crippen LogP contribution < -0.4 is 0 Å². The van der Waals surface area contributed by atoms with Crippen molar-refractivity contribution in [1.29, 1.82) is 0 Å². The Morgan fingerprint density at radius 1 is 0.667 bits per heavy atom. The van der Waals surface area contributed by atoms with E-state index in [9.17, 15) is 39.5 Å². The van der Waals surface area contributed by atoms with E-state index < -0.39 is 25.5 Å². The molecule has 0 aliphatic heterocycles. The van der Waals surface area contributed by atoms with E-state index in [4.69, 9.17) is 0 Å². The average molecular weight is 260 g/mol. The van der Waals surface area contributed by atoms with Crippen LogP contribution in [0.1, 0.15) is 0 Å². The Kier molecular flexibility index (Phi) is 3.14. The first-order valence-electron chi connectivity index (χ1n) is 2.99. The fraction of sp³-hybridized carbons (Fsp3) is 0.600. The fourth-order valence-electron chi connectivity index (χ4n) is 0.728. The Hall–Kier alpha value is -0.853. The molecule has 0 fully saturated rings. The summed E-state index contributed by atoms with van der Waals surface area (Å²) in [5, 5.41) is 0. The molecule has 0 radical (unpaired) electrons. The third kappa shape index (κ3) is 1.92. The second kappa shape index (κ2) is 3.33. The second-order valence-corrected chi connectivity index (χ2v) is 5.88. The van der Waals surface area contributed by atoms with Crippen molar-refractivity contribution in [1.82, 2.24) is 0 Å². The topological polar surface area (TPSA) is 0 Å². The van der Waals surface area contributed by atoms with Crippen molar-refractivity contribution in [2.24, 2.45) is 0 Å². The van der Waals surface area contributed by atoms with Crippen molar-refractivity contribution in [3.63, 3.8) is 0 Å². The standard InChI is InChI=1S/C5HF9Si/c1-2-15(3(6,7)8,4(9,10)11)5(12,13)14/h1H. The van der Waals surface area contributed by atoms with Crippen LogP contribution in [0.2, 0.25) is 0 Å². The number of halogens is 9. The van der Waals surface area contributed by atoms with Gasteiger partial charge < -0.3 is 0 Å². The summed E-state index contributed by atoms with van der Waals surface area (Å²) in [6, 6.07) is 0. The highest BCUT2D eigenvalue weighted by atomic mass is 28.3. The number of rotatable bonds is 0. The summed E-state index contributed by atoms with van der Waals surface area (Å²) in [5.74, 6) is -19.5. The van der Waals surface area contributed by atoms with Crippen LogP contribution in [0, 0.1) is 12.0 Å². The molecule has 0 aliphatic carbocycles. The zero-order valence-corrected chi connectivity index (χ0v) is 7.48. The number of terminal acetylenes is 1. The number of alkyl halides is 9. The third-order valence-electron chi connectivity index (χ3n) is 1.49. The van der Waals surface area contributed by atoms with Gasteiger partial charge in [-0.25, -0.2) is 0 Å². The van der Waals surface area contributed by atoms with E-state index in [-0.39, 0.29) is 5.54 Å². The molecule has 0 nitrogen and oxygen atoms in total. The Morgan fingerprint density at radius 2 is 0.867 bits per heavy atom. The zero-order chi connectivity index (χ0) is 12.7. The molecule has 88 valence electrons. The Bertz CT molecular complexity index is 237. The van der Waals surface area contributed by atoms with E-state index >= 15 is 0 Å². The zero-order valence-electron chi connectivity index (χ0n) is 6.48. The molecular formula is C5HF9Si. The van der Waals surface area contributed by atoms with E-state index in [1.165, 1.54) is 0 Å². The van der Waals surface area contributed by atoms with Crippen LogP contribution in [0.15, 0.2) is 0 Å². The molecule has 10 heteroatoms. The van der Waals surface area contributed by atoms with Gasteiger partial charge in [-0.05, 0) is 0 Å². The third-order valence-corrected chi connectivity index (χ3v) is 4.48. The van der Waals surface area contributed by atoms with Gasteiger partial charge in [0.05, 0.1) is 0 Å². The lowest BCUT2D eigenvalue weighted by Gasteiger charge is -2.31. The Labute approximate surface area is 78.1 Å². The van der Waals surface area contributed by atoms with Crippen molar-refractivity contribution in [2.75, 3.05) is 0 Å². The van der Waals surface area contributed by atoms with Crippen LogP contribution in [0.3, 0.4) is 0 Å². The van der Waals surface area contributed by atoms with E-state index in [0.717, 1.165) is 0 Å². The smallest absolute Gasteiger partial charge is 0.174 e. The molecule has 0 aromatic carbocycles. The summed E-state index contributed by atoms with van der Waals surface area (Å²) in [4.78, 5) is 0. The molecule has 0 N–H and O–H groups in total. The molecule has 0 unspecified atom stereocenters. The van der Waals surface area contributed by atoms with Gasteiger partial charge in [-0.3, -0.25) is 0 Å². The lowest BCUT2D eigenvalue weighted by Crippen LogP contribution is -2.71. The predicted molar refractivity (Wildman–Crippen MR) is 32.8 cm³/mol. The minimum atomic E-state index is -7.85. The van der Waals surface area contributed by atoms with Crippen molar-refractivity contribution in [2.45, 2.75) is 17.4 Å². The van der Waals surface area contributed by atoms with Gasteiger partial charge in [0, 0.05) is 0 Å². The summed E-state index contributed by atoms with van der Waals surface area (Å²) in [5.41, 5.74) is -0.101. The van der Waals surface area contributed by atoms with E-state index in [1.54, 1.807) is 0 Å². The molecule has 0 heterocycles. The fourth-order valence-corrected chi connectivity index (χ4v) is 2.18. The van der Waals surface area contributed by atoms with E-state index in [1.807, 2.05) is 0 Å². The molecule has 0 spiro atoms. The summed E-state index contributed by atoms with van der Waals surface area (Å²) < 4.78 is 107. The molecular weight excluding hydrogens is 259 g/mol. The number of hydrogen-bond acceptors (Lipinski definition) is 0. The van der Waals surface area contributed by atoms with Crippen molar-refractivity contribution < 1.29 is 39.5 Å². The van der Waals surface area contributed by atoms with Gasteiger partial charge >= 0.3 is 25.5 Å². The lowest BCUT2D eigenvalue weighted by atomic mass is 11.3. The Balaban J connectivity index is 5.93. The molecule has 0 amide bonds. The van der Waals surface area contributed by atoms with Gasteiger partial charge in [0.1, 0.15) is 0 Å². The van der Waals surface area contributed by atoms with E-state index in [2.05, 4.69) is 6.42 Å². The highest BCUT2D eigenvalue weighted by Crippen LogP contribution is 2.49. The van der Waals surface area contributed by atoms with Crippen LogP contribution in [0.5, 0.6) is 0 Å². The van der Waals surface area contributed by atoms with Crippen LogP contribution >= 0.6 is 0 Å². The average Bonchev–Trinajstić information content (AvgIpc) is 1.76. The molecule has 0 aromatic rings. The van der Waals surface area contributed by atoms with Gasteiger partial charge in [-0.2, -0.15) is 39.5 Å². The number of hydrogen-bond donors (Lipinski definition) is 0. The summed E-state index contributed by atoms with van der Waals surface area (Å²) in [7, 11) is -7.85. The predicted octanol–water partition coefficient (Wildman–Crippen LogP) is 2.91. The van der Waals surface area contributed by atoms with Crippen LogP contribution in [-0.4, -0.2) is 25.5 Å². The van der Waals surface area contributed by atoms with Crippen LogP contribution in [0.4, 0.5) is 39.5 Å². The molecule has 0 saturated carbocycles. The van der Waals surface area contributed by atoms with Gasteiger partial charge in [-0.1, -0.05) is 0 Å². The van der Waals surface area contributed by atoms with Crippen molar-refractivity contribution >= 4 is 8.07 Å². The SMILES string of the molecule is C#C[Si](C(F)(F)F)(C(F)(F)F)C(F)(F)F. The van der Waals surface area contributed by atoms with Crippen LogP contribution in [-0.2, 0) is 0 Å². The van der Waals surface area contributed by atoms with Gasteiger partial charge in [-0.15, -0.1) is 12.0 Å². The maximum atomic E-state index is 11.8. The first-order chi connectivity index (χ1) is 6.31. The normalized spacial score (nSPS) is 14.9. The first kappa shape index (κ1) is 14.1. The molecule has 0 bridgehead atoms. The second-order valence-electron chi connectivity index (χ2n) is 2.39. The molecule has 0 aromatic heterocycles. The highest BCUT2D eigenvalue weighted by Gasteiger charge is 2.87. The minimum absolute atomic E-state index is 0.101. The monoisotopic (exact) mass is 260 g/mol. The van der Waals surface area contributed by atoms with Crippen LogP contribution in [0.25, 0.3) is 0 Å². The molecule has 0 aliphatic rings. The quantitative estimate of drug-likeness (QED) is 0.357. The minimum Gasteiger partial charge on any atom is -0.174 e. The molecule has 0 atom stereocenters. The maximum absolute atomic E-state index is 11.8. The van der Waals surface area contributed by atoms with E-state index in [0.29, 0.717) is 0 Å². The largest absolute Gasteiger partial charge is 0.496 e. The molecule has 0 rings (SSSR count). The van der Waals surface area contributed by atoms with Gasteiger partial charge in [0.15, 0.2) is 0 Å². The van der Waals surface area contributed by atoms with Gasteiger partial charge in [0.25, 0.3) is 0 Å². The van der Waals surface area contributed by atoms with Gasteiger partial charge in [0.2, 0.25) is 0 Å². The first-order valence-corrected chi connectivity index (χ1v) is 4.99. The Morgan fingerprint density at radius 3 is 0.867 bits per heavy atom. The summed E-state index contributed by atoms with van der Waals surface area (Å²) in [6.45, 7) is 0. The maximum Gasteiger partial charge on any atom is 0.496 e. The van der Waals surface area contributed by atoms with Crippen molar-refractivity contribution in [3.05, 3.63) is 0 Å².